The van der Waals surface area contributed by atoms with Gasteiger partial charge in [-0.05, 0) is 36.0 Å². The first-order valence-corrected chi connectivity index (χ1v) is 11.8. The fraction of sp³-hybridized carbons (Fsp3) is 0.200. The molecule has 4 aromatic rings. The Morgan fingerprint density at radius 2 is 1.79 bits per heavy atom. The minimum Gasteiger partial charge on any atom is -0.363 e. The molecule has 0 unspecified atom stereocenters. The zero-order valence-electron chi connectivity index (χ0n) is 18.6. The molecule has 1 amide bonds. The number of nitrogens with zero attached hydrogens (tertiary/aromatic N) is 4. The van der Waals surface area contributed by atoms with Crippen molar-refractivity contribution in [2.24, 2.45) is 0 Å². The summed E-state index contributed by atoms with van der Waals surface area (Å²) in [5.74, 6) is -0.424. The molecule has 1 N–H and O–H groups in total. The van der Waals surface area contributed by atoms with Gasteiger partial charge in [0.05, 0.1) is 10.6 Å². The number of nitrogens with one attached hydrogen (secondary N) is 1. The monoisotopic (exact) mass is 473 g/mol. The van der Waals surface area contributed by atoms with E-state index in [9.17, 15) is 14.9 Å². The average Bonchev–Trinajstić information content (AvgIpc) is 3.32. The molecule has 0 saturated carbocycles. The lowest BCUT2D eigenvalue weighted by atomic mass is 10.1. The van der Waals surface area contributed by atoms with Crippen LogP contribution < -0.4 is 10.2 Å². The van der Waals surface area contributed by atoms with E-state index in [0.29, 0.717) is 23.9 Å². The molecule has 2 heterocycles. The fourth-order valence-electron chi connectivity index (χ4n) is 4.11. The molecule has 0 spiro atoms. The number of nitro benzene ring substituents is 1. The Kier molecular flexibility index (Phi) is 5.95. The van der Waals surface area contributed by atoms with Crippen LogP contribution in [0.1, 0.15) is 10.4 Å². The van der Waals surface area contributed by atoms with Crippen molar-refractivity contribution in [3.8, 4) is 11.3 Å². The van der Waals surface area contributed by atoms with Crippen LogP contribution in [0.4, 0.5) is 16.5 Å². The Morgan fingerprint density at radius 3 is 2.56 bits per heavy atom. The molecule has 34 heavy (non-hydrogen) atoms. The van der Waals surface area contributed by atoms with Crippen LogP contribution in [0.2, 0.25) is 0 Å². The van der Waals surface area contributed by atoms with Gasteiger partial charge in [-0.15, -0.1) is 11.3 Å². The van der Waals surface area contributed by atoms with E-state index in [-0.39, 0.29) is 11.3 Å². The van der Waals surface area contributed by atoms with E-state index >= 15 is 0 Å². The van der Waals surface area contributed by atoms with Gasteiger partial charge in [0, 0.05) is 48.8 Å². The largest absolute Gasteiger partial charge is 0.363 e. The van der Waals surface area contributed by atoms with Crippen molar-refractivity contribution < 1.29 is 9.72 Å². The van der Waals surface area contributed by atoms with Crippen LogP contribution in [0.15, 0.2) is 66.0 Å². The molecule has 5 rings (SSSR count). The first kappa shape index (κ1) is 22.0. The maximum absolute atomic E-state index is 12.9. The van der Waals surface area contributed by atoms with Crippen LogP contribution in [0.5, 0.6) is 0 Å². The molecule has 1 aliphatic rings. The number of carbonyl (C=O) groups excluding carboxylic acids is 1. The summed E-state index contributed by atoms with van der Waals surface area (Å²) in [6.07, 6.45) is 0. The fourth-order valence-corrected chi connectivity index (χ4v) is 4.82. The molecule has 1 aromatic heterocycles. The minimum absolute atomic E-state index is 0.0619. The average molecular weight is 474 g/mol. The summed E-state index contributed by atoms with van der Waals surface area (Å²) in [5.41, 5.74) is 2.44. The standard InChI is InChI=1S/C25H23N5O3S/c1-28-10-12-29(13-11-28)22-9-8-20(15-23(22)30(32)33)24(31)27-25-26-21(16-34-25)19-7-6-17-4-2-3-5-18(17)14-19/h2-9,14-16H,10-13H2,1H3,(H,26,27,31). The van der Waals surface area contributed by atoms with Gasteiger partial charge in [0.1, 0.15) is 5.69 Å². The molecule has 172 valence electrons. The van der Waals surface area contributed by atoms with Crippen LogP contribution in [-0.2, 0) is 0 Å². The molecule has 0 aliphatic carbocycles. The van der Waals surface area contributed by atoms with Crippen molar-refractivity contribution in [3.63, 3.8) is 0 Å². The van der Waals surface area contributed by atoms with Crippen molar-refractivity contribution in [1.29, 1.82) is 0 Å². The second-order valence-electron chi connectivity index (χ2n) is 8.30. The molecule has 1 fully saturated rings. The normalized spacial score (nSPS) is 14.3. The Hall–Kier alpha value is -3.82. The molecule has 1 aliphatic heterocycles. The maximum Gasteiger partial charge on any atom is 0.293 e. The zero-order chi connectivity index (χ0) is 23.7. The van der Waals surface area contributed by atoms with Gasteiger partial charge in [-0.3, -0.25) is 20.2 Å². The van der Waals surface area contributed by atoms with Gasteiger partial charge in [-0.2, -0.15) is 0 Å². The number of piperazine rings is 1. The van der Waals surface area contributed by atoms with Crippen molar-refractivity contribution in [3.05, 3.63) is 81.7 Å². The number of likely N-dealkylation sites (N-methyl/N-ethyl adjacent to an activating group) is 1. The molecule has 1 saturated heterocycles. The molecular formula is C25H23N5O3S. The van der Waals surface area contributed by atoms with Crippen LogP contribution in [0.3, 0.4) is 0 Å². The van der Waals surface area contributed by atoms with Crippen LogP contribution in [0, 0.1) is 10.1 Å². The van der Waals surface area contributed by atoms with Gasteiger partial charge in [0.2, 0.25) is 0 Å². The van der Waals surface area contributed by atoms with Gasteiger partial charge in [-0.25, -0.2) is 4.98 Å². The molecular weight excluding hydrogens is 450 g/mol. The third-order valence-corrected chi connectivity index (χ3v) is 6.81. The zero-order valence-corrected chi connectivity index (χ0v) is 19.4. The van der Waals surface area contributed by atoms with E-state index in [0.717, 1.165) is 35.1 Å². The van der Waals surface area contributed by atoms with Crippen LogP contribution in [0.25, 0.3) is 22.0 Å². The third kappa shape index (κ3) is 4.48. The highest BCUT2D eigenvalue weighted by Gasteiger charge is 2.24. The number of hydrogen-bond donors (Lipinski definition) is 1. The van der Waals surface area contributed by atoms with Crippen molar-refractivity contribution in [2.75, 3.05) is 43.4 Å². The number of anilines is 2. The Labute approximate surface area is 200 Å². The maximum atomic E-state index is 12.9. The summed E-state index contributed by atoms with van der Waals surface area (Å²) in [6.45, 7) is 3.09. The van der Waals surface area contributed by atoms with Crippen LogP contribution in [-0.4, -0.2) is 53.9 Å². The van der Waals surface area contributed by atoms with Crippen molar-refractivity contribution in [1.82, 2.24) is 9.88 Å². The number of aromatic nitrogens is 1. The Balaban J connectivity index is 1.34. The first-order valence-electron chi connectivity index (χ1n) is 11.0. The second-order valence-corrected chi connectivity index (χ2v) is 9.16. The number of hydrogen-bond acceptors (Lipinski definition) is 7. The molecule has 0 radical (unpaired) electrons. The van der Waals surface area contributed by atoms with Gasteiger partial charge < -0.3 is 9.80 Å². The number of rotatable bonds is 5. The van der Waals surface area contributed by atoms with E-state index in [1.54, 1.807) is 12.1 Å². The lowest BCUT2D eigenvalue weighted by Crippen LogP contribution is -2.44. The molecule has 8 nitrogen and oxygen atoms in total. The summed E-state index contributed by atoms with van der Waals surface area (Å²) in [5, 5.41) is 19.1. The molecule has 0 bridgehead atoms. The summed E-state index contributed by atoms with van der Waals surface area (Å²) in [6, 6.07) is 18.9. The number of fused-ring (bicyclic) bond motifs is 1. The Bertz CT molecular complexity index is 1380. The highest BCUT2D eigenvalue weighted by molar-refractivity contribution is 7.14. The highest BCUT2D eigenvalue weighted by atomic mass is 32.1. The van der Waals surface area contributed by atoms with Crippen molar-refractivity contribution >= 4 is 44.5 Å². The number of thiazole rings is 1. The van der Waals surface area contributed by atoms with E-state index in [1.807, 2.05) is 47.7 Å². The topological polar surface area (TPSA) is 91.6 Å². The van der Waals surface area contributed by atoms with Gasteiger partial charge in [0.15, 0.2) is 5.13 Å². The predicted molar refractivity (Wildman–Crippen MR) is 136 cm³/mol. The second kappa shape index (κ2) is 9.20. The predicted octanol–water partition coefficient (Wildman–Crippen LogP) is 4.88. The van der Waals surface area contributed by atoms with E-state index in [1.165, 1.54) is 17.4 Å². The van der Waals surface area contributed by atoms with E-state index in [4.69, 9.17) is 0 Å². The van der Waals surface area contributed by atoms with E-state index in [2.05, 4.69) is 27.3 Å². The third-order valence-electron chi connectivity index (χ3n) is 6.05. The molecule has 3 aromatic carbocycles. The number of amides is 1. The summed E-state index contributed by atoms with van der Waals surface area (Å²) in [4.78, 5) is 32.9. The molecule has 0 atom stereocenters. The Morgan fingerprint density at radius 1 is 1.03 bits per heavy atom. The number of benzene rings is 3. The quantitative estimate of drug-likeness (QED) is 0.328. The summed E-state index contributed by atoms with van der Waals surface area (Å²) < 4.78 is 0. The van der Waals surface area contributed by atoms with Crippen molar-refractivity contribution in [2.45, 2.75) is 0 Å². The lowest BCUT2D eigenvalue weighted by molar-refractivity contribution is -0.384. The lowest BCUT2D eigenvalue weighted by Gasteiger charge is -2.33. The number of nitro groups is 1. The van der Waals surface area contributed by atoms with Gasteiger partial charge >= 0.3 is 0 Å². The smallest absolute Gasteiger partial charge is 0.293 e. The van der Waals surface area contributed by atoms with Crippen LogP contribution >= 0.6 is 11.3 Å². The SMILES string of the molecule is CN1CCN(c2ccc(C(=O)Nc3nc(-c4ccc5ccccc5c4)cs3)cc2[N+](=O)[O-])CC1. The molecule has 9 heteroatoms. The summed E-state index contributed by atoms with van der Waals surface area (Å²) >= 11 is 1.32. The summed E-state index contributed by atoms with van der Waals surface area (Å²) in [7, 11) is 2.03. The highest BCUT2D eigenvalue weighted by Crippen LogP contribution is 2.31. The van der Waals surface area contributed by atoms with Gasteiger partial charge in [-0.1, -0.05) is 36.4 Å². The van der Waals surface area contributed by atoms with Gasteiger partial charge in [0.25, 0.3) is 11.6 Å². The minimum atomic E-state index is -0.425. The first-order chi connectivity index (χ1) is 16.5. The number of carbonyl (C=O) groups is 1. The van der Waals surface area contributed by atoms with E-state index < -0.39 is 10.8 Å².